The summed E-state index contributed by atoms with van der Waals surface area (Å²) in [5.41, 5.74) is 0. The minimum absolute atomic E-state index is 0.414. The van der Waals surface area contributed by atoms with Crippen molar-refractivity contribution >= 4 is 20.0 Å². The fourth-order valence-electron chi connectivity index (χ4n) is 1.03. The molecule has 1 aliphatic rings. The minimum atomic E-state index is -4.04. The number of hydrogen-bond donors (Lipinski definition) is 2. The molecule has 0 fully saturated rings. The quantitative estimate of drug-likeness (QED) is 0.612. The van der Waals surface area contributed by atoms with Crippen molar-refractivity contribution in [2.24, 2.45) is 10.3 Å². The van der Waals surface area contributed by atoms with E-state index in [4.69, 9.17) is 10.3 Å². The molecule has 0 bridgehead atoms. The first kappa shape index (κ1) is 11.4. The summed E-state index contributed by atoms with van der Waals surface area (Å²) >= 11 is 0. The molecule has 0 saturated carbocycles. The maximum atomic E-state index is 11.0. The molecule has 0 saturated heterocycles. The maximum Gasteiger partial charge on any atom is 0.222 e. The zero-order valence-electron chi connectivity index (χ0n) is 6.99. The highest BCUT2D eigenvalue weighted by atomic mass is 32.2. The maximum absolute atomic E-state index is 11.0. The van der Waals surface area contributed by atoms with Gasteiger partial charge in [-0.1, -0.05) is 24.3 Å². The molecule has 1 radical (unpaired) electrons. The van der Waals surface area contributed by atoms with Crippen molar-refractivity contribution in [1.82, 2.24) is 0 Å². The number of sulfonamides is 2. The normalized spacial score (nSPS) is 24.0. The van der Waals surface area contributed by atoms with Crippen LogP contribution in [0.2, 0.25) is 0 Å². The summed E-state index contributed by atoms with van der Waals surface area (Å²) in [6.45, 7) is 0. The fourth-order valence-corrected chi connectivity index (χ4v) is 3.22. The molecule has 0 aromatic rings. The summed E-state index contributed by atoms with van der Waals surface area (Å²) in [6.07, 6.45) is 5.05. The molecule has 0 aliphatic heterocycles. The summed E-state index contributed by atoms with van der Waals surface area (Å²) in [5.74, 6) is 0. The topological polar surface area (TPSA) is 120 Å². The minimum Gasteiger partial charge on any atom is -0.228 e. The zero-order valence-corrected chi connectivity index (χ0v) is 8.62. The molecule has 79 valence electrons. The van der Waals surface area contributed by atoms with Gasteiger partial charge in [-0.25, -0.2) is 27.1 Å². The average Bonchev–Trinajstić information content (AvgIpc) is 2.01. The summed E-state index contributed by atoms with van der Waals surface area (Å²) < 4.78 is 43.9. The second-order valence-electron chi connectivity index (χ2n) is 2.70. The molecule has 1 rings (SSSR count). The molecule has 6 nitrogen and oxygen atoms in total. The van der Waals surface area contributed by atoms with Crippen molar-refractivity contribution in [1.29, 1.82) is 0 Å². The summed E-state index contributed by atoms with van der Waals surface area (Å²) in [4.78, 5) is 0. The van der Waals surface area contributed by atoms with Crippen LogP contribution in [0.25, 0.3) is 0 Å². The van der Waals surface area contributed by atoms with Crippen LogP contribution in [0.1, 0.15) is 0 Å². The van der Waals surface area contributed by atoms with E-state index >= 15 is 0 Å². The van der Waals surface area contributed by atoms with Gasteiger partial charge in [0.1, 0.15) is 5.25 Å². The Bertz CT molecular complexity index is 428. The average molecular weight is 237 g/mol. The number of rotatable bonds is 2. The van der Waals surface area contributed by atoms with Crippen molar-refractivity contribution < 1.29 is 16.8 Å². The molecule has 1 unspecified atom stereocenters. The van der Waals surface area contributed by atoms with Gasteiger partial charge >= 0.3 is 0 Å². The van der Waals surface area contributed by atoms with Crippen LogP contribution in [0.5, 0.6) is 0 Å². The van der Waals surface area contributed by atoms with E-state index in [9.17, 15) is 16.8 Å². The molecule has 0 amide bonds. The van der Waals surface area contributed by atoms with E-state index in [2.05, 4.69) is 0 Å². The lowest BCUT2D eigenvalue weighted by molar-refractivity contribution is 0.584. The van der Waals surface area contributed by atoms with Gasteiger partial charge in [0, 0.05) is 0 Å². The molecule has 0 heterocycles. The molecule has 0 aromatic heterocycles. The van der Waals surface area contributed by atoms with Crippen LogP contribution in [-0.4, -0.2) is 22.1 Å². The van der Waals surface area contributed by atoms with Gasteiger partial charge in [0.2, 0.25) is 20.0 Å². The molecule has 0 aromatic carbocycles. The van der Waals surface area contributed by atoms with Crippen molar-refractivity contribution in [2.75, 3.05) is 0 Å². The molecule has 8 heteroatoms. The van der Waals surface area contributed by atoms with Crippen LogP contribution < -0.4 is 10.3 Å². The van der Waals surface area contributed by atoms with Crippen LogP contribution in [0.4, 0.5) is 0 Å². The second kappa shape index (κ2) is 3.46. The molecule has 0 spiro atoms. The molecule has 4 N–H and O–H groups in total. The van der Waals surface area contributed by atoms with Crippen molar-refractivity contribution in [3.63, 3.8) is 0 Å². The Balaban J connectivity index is 3.20. The van der Waals surface area contributed by atoms with Crippen LogP contribution in [0.15, 0.2) is 24.3 Å². The number of hydrogen-bond acceptors (Lipinski definition) is 4. The van der Waals surface area contributed by atoms with Gasteiger partial charge in [-0.15, -0.1) is 0 Å². The Kier molecular flexibility index (Phi) is 2.81. The Morgan fingerprint density at radius 1 is 1.07 bits per heavy atom. The number of primary sulfonamides is 2. The highest BCUT2D eigenvalue weighted by molar-refractivity contribution is 7.95. The molecular weight excluding hydrogens is 228 g/mol. The fraction of sp³-hybridized carbons (Fsp3) is 0.167. The SMILES string of the molecule is NS(=O)(=O)[C]1C=CC=CC1S(N)(=O)=O. The Morgan fingerprint density at radius 2 is 1.64 bits per heavy atom. The van der Waals surface area contributed by atoms with Gasteiger partial charge in [-0.3, -0.25) is 0 Å². The van der Waals surface area contributed by atoms with Crippen LogP contribution in [0.3, 0.4) is 0 Å². The molecule has 1 atom stereocenters. The summed E-state index contributed by atoms with van der Waals surface area (Å²) in [5, 5.41) is 7.87. The highest BCUT2D eigenvalue weighted by Gasteiger charge is 2.36. The lowest BCUT2D eigenvalue weighted by Crippen LogP contribution is -2.38. The standard InChI is InChI=1S/C6H9N2O4S2/c7-13(9,10)5-3-1-2-4-6(5)14(8,11)12/h1-5H,(H2,7,9,10)(H2,8,11,12). The van der Waals surface area contributed by atoms with E-state index in [1.165, 1.54) is 12.2 Å². The third kappa shape index (κ3) is 2.41. The summed E-state index contributed by atoms with van der Waals surface area (Å²) in [6, 6.07) is 0. The van der Waals surface area contributed by atoms with Crippen molar-refractivity contribution in [3.05, 3.63) is 29.6 Å². The van der Waals surface area contributed by atoms with Gasteiger partial charge in [0.05, 0.1) is 0 Å². The van der Waals surface area contributed by atoms with Gasteiger partial charge in [0.15, 0.2) is 5.25 Å². The first-order chi connectivity index (χ1) is 6.23. The first-order valence-electron chi connectivity index (χ1n) is 3.49. The smallest absolute Gasteiger partial charge is 0.222 e. The van der Waals surface area contributed by atoms with E-state index in [0.717, 1.165) is 12.2 Å². The van der Waals surface area contributed by atoms with E-state index in [1.807, 2.05) is 0 Å². The van der Waals surface area contributed by atoms with Crippen LogP contribution in [-0.2, 0) is 20.0 Å². The van der Waals surface area contributed by atoms with Gasteiger partial charge in [-0.05, 0) is 0 Å². The summed E-state index contributed by atoms with van der Waals surface area (Å²) in [7, 11) is -8.03. The second-order valence-corrected chi connectivity index (χ2v) is 5.95. The van der Waals surface area contributed by atoms with Crippen molar-refractivity contribution in [2.45, 2.75) is 5.25 Å². The lowest BCUT2D eigenvalue weighted by atomic mass is 10.2. The predicted octanol–water partition coefficient (Wildman–Crippen LogP) is -1.41. The van der Waals surface area contributed by atoms with E-state index in [0.29, 0.717) is 0 Å². The molecular formula is C6H9N2O4S2. The molecule has 14 heavy (non-hydrogen) atoms. The Hall–Kier alpha value is -0.700. The van der Waals surface area contributed by atoms with Gasteiger partial charge in [0.25, 0.3) is 0 Å². The van der Waals surface area contributed by atoms with Gasteiger partial charge in [-0.2, -0.15) is 0 Å². The highest BCUT2D eigenvalue weighted by Crippen LogP contribution is 2.23. The van der Waals surface area contributed by atoms with Crippen LogP contribution >= 0.6 is 0 Å². The number of allylic oxidation sites excluding steroid dienone is 2. The zero-order chi connectivity index (χ0) is 11.0. The van der Waals surface area contributed by atoms with Gasteiger partial charge < -0.3 is 0 Å². The predicted molar refractivity (Wildman–Crippen MR) is 51.5 cm³/mol. The molecule has 1 aliphatic carbocycles. The van der Waals surface area contributed by atoms with E-state index in [-0.39, 0.29) is 0 Å². The lowest BCUT2D eigenvalue weighted by Gasteiger charge is -2.18. The monoisotopic (exact) mass is 237 g/mol. The number of nitrogens with two attached hydrogens (primary N) is 2. The van der Waals surface area contributed by atoms with Crippen molar-refractivity contribution in [3.8, 4) is 0 Å². The van der Waals surface area contributed by atoms with Crippen LogP contribution in [0, 0.1) is 5.25 Å². The Labute approximate surface area is 82.4 Å². The van der Waals surface area contributed by atoms with E-state index in [1.54, 1.807) is 0 Å². The third-order valence-electron chi connectivity index (χ3n) is 1.62. The van der Waals surface area contributed by atoms with E-state index < -0.39 is 30.5 Å². The first-order valence-corrected chi connectivity index (χ1v) is 6.64. The Morgan fingerprint density at radius 3 is 2.00 bits per heavy atom. The largest absolute Gasteiger partial charge is 0.228 e. The third-order valence-corrected chi connectivity index (χ3v) is 3.94.